The van der Waals surface area contributed by atoms with Crippen LogP contribution in [-0.2, 0) is 0 Å². The maximum Gasteiger partial charge on any atom is 0.0656 e. The standard InChI is InChI=1S/C27H24Br2/c1-15-12-20-19(10-7-11-23(20)28)24(15)27(3,4)25-16(2)13-22-21(25)14-17-8-5-6-9-18(17)26(22)29/h5-14,24,26H,1-4H3. The highest BCUT2D eigenvalue weighted by atomic mass is 79.9. The van der Waals surface area contributed by atoms with E-state index in [0.29, 0.717) is 5.92 Å². The highest BCUT2D eigenvalue weighted by molar-refractivity contribution is 9.10. The summed E-state index contributed by atoms with van der Waals surface area (Å²) in [6.07, 6.45) is 7.17. The van der Waals surface area contributed by atoms with Gasteiger partial charge in [-0.1, -0.05) is 99.8 Å². The van der Waals surface area contributed by atoms with Crippen molar-refractivity contribution in [2.75, 3.05) is 0 Å². The van der Waals surface area contributed by atoms with Gasteiger partial charge in [0.1, 0.15) is 0 Å². The molecule has 146 valence electrons. The summed E-state index contributed by atoms with van der Waals surface area (Å²) in [6, 6.07) is 15.4. The van der Waals surface area contributed by atoms with Crippen LogP contribution in [0.2, 0.25) is 0 Å². The van der Waals surface area contributed by atoms with E-state index < -0.39 is 0 Å². The van der Waals surface area contributed by atoms with E-state index in [4.69, 9.17) is 0 Å². The molecule has 3 aliphatic rings. The highest BCUT2D eigenvalue weighted by Crippen LogP contribution is 2.59. The molecule has 0 radical (unpaired) electrons. The van der Waals surface area contributed by atoms with Gasteiger partial charge in [0, 0.05) is 15.8 Å². The molecule has 0 saturated carbocycles. The third-order valence-electron chi connectivity index (χ3n) is 6.78. The van der Waals surface area contributed by atoms with Crippen LogP contribution in [0.4, 0.5) is 0 Å². The number of rotatable bonds is 2. The Morgan fingerprint density at radius 1 is 0.862 bits per heavy atom. The monoisotopic (exact) mass is 506 g/mol. The van der Waals surface area contributed by atoms with Crippen LogP contribution in [0.25, 0.3) is 12.2 Å². The normalized spacial score (nSPS) is 22.6. The van der Waals surface area contributed by atoms with E-state index >= 15 is 0 Å². The first kappa shape index (κ1) is 19.3. The second kappa shape index (κ2) is 6.68. The summed E-state index contributed by atoms with van der Waals surface area (Å²) in [6.45, 7) is 9.41. The minimum Gasteiger partial charge on any atom is -0.0786 e. The van der Waals surface area contributed by atoms with E-state index in [1.165, 1.54) is 54.6 Å². The Hall–Kier alpha value is -1.64. The number of halogens is 2. The quantitative estimate of drug-likeness (QED) is 0.356. The lowest BCUT2D eigenvalue weighted by Crippen LogP contribution is -2.26. The molecule has 0 aromatic heterocycles. The lowest BCUT2D eigenvalue weighted by atomic mass is 9.65. The predicted molar refractivity (Wildman–Crippen MR) is 131 cm³/mol. The summed E-state index contributed by atoms with van der Waals surface area (Å²) in [5.41, 5.74) is 12.6. The van der Waals surface area contributed by atoms with Gasteiger partial charge in [-0.05, 0) is 70.5 Å². The Labute approximate surface area is 190 Å². The van der Waals surface area contributed by atoms with E-state index in [1.54, 1.807) is 0 Å². The van der Waals surface area contributed by atoms with Crippen molar-refractivity contribution in [2.45, 2.75) is 38.4 Å². The molecular weight excluding hydrogens is 484 g/mol. The number of hydrogen-bond donors (Lipinski definition) is 0. The van der Waals surface area contributed by atoms with Gasteiger partial charge in [0.25, 0.3) is 0 Å². The molecule has 0 spiro atoms. The fourth-order valence-electron chi connectivity index (χ4n) is 5.77. The zero-order chi connectivity index (χ0) is 20.5. The molecule has 2 aromatic carbocycles. The van der Waals surface area contributed by atoms with E-state index in [-0.39, 0.29) is 10.2 Å². The SMILES string of the molecule is CC1=Cc2c(Br)cccc2C1C(C)(C)C1=C(C)C=C2C1=Cc1ccccc1C2Br. The zero-order valence-electron chi connectivity index (χ0n) is 17.2. The van der Waals surface area contributed by atoms with Crippen LogP contribution in [0.3, 0.4) is 0 Å². The second-order valence-corrected chi connectivity index (χ2v) is 10.8. The molecular formula is C27H24Br2. The molecule has 0 heterocycles. The Kier molecular flexibility index (Phi) is 4.46. The topological polar surface area (TPSA) is 0 Å². The molecule has 0 fully saturated rings. The van der Waals surface area contributed by atoms with Gasteiger partial charge in [-0.2, -0.15) is 0 Å². The lowest BCUT2D eigenvalue weighted by molar-refractivity contribution is 0.392. The van der Waals surface area contributed by atoms with Crippen LogP contribution in [-0.4, -0.2) is 0 Å². The van der Waals surface area contributed by atoms with Crippen LogP contribution in [0.5, 0.6) is 0 Å². The van der Waals surface area contributed by atoms with Crippen LogP contribution < -0.4 is 0 Å². The van der Waals surface area contributed by atoms with Crippen molar-refractivity contribution in [2.24, 2.45) is 5.41 Å². The molecule has 2 unspecified atom stereocenters. The van der Waals surface area contributed by atoms with Gasteiger partial charge in [-0.3, -0.25) is 0 Å². The molecule has 29 heavy (non-hydrogen) atoms. The smallest absolute Gasteiger partial charge is 0.0656 e. The number of benzene rings is 2. The van der Waals surface area contributed by atoms with Gasteiger partial charge in [0.15, 0.2) is 0 Å². The van der Waals surface area contributed by atoms with Crippen LogP contribution in [0.1, 0.15) is 60.7 Å². The van der Waals surface area contributed by atoms with E-state index in [0.717, 1.165) is 0 Å². The van der Waals surface area contributed by atoms with Gasteiger partial charge < -0.3 is 0 Å². The molecule has 0 amide bonds. The summed E-state index contributed by atoms with van der Waals surface area (Å²) in [5, 5.41) is 0. The average molecular weight is 508 g/mol. The van der Waals surface area contributed by atoms with Crippen LogP contribution in [0.15, 0.2) is 80.9 Å². The van der Waals surface area contributed by atoms with Crippen molar-refractivity contribution in [1.29, 1.82) is 0 Å². The molecule has 5 rings (SSSR count). The van der Waals surface area contributed by atoms with Gasteiger partial charge in [0.05, 0.1) is 4.83 Å². The molecule has 3 aliphatic carbocycles. The average Bonchev–Trinajstić information content (AvgIpc) is 3.20. The fraction of sp³-hybridized carbons (Fsp3) is 0.259. The van der Waals surface area contributed by atoms with Crippen LogP contribution >= 0.6 is 31.9 Å². The summed E-state index contributed by atoms with van der Waals surface area (Å²) >= 11 is 7.75. The summed E-state index contributed by atoms with van der Waals surface area (Å²) in [5.74, 6) is 0.375. The molecule has 2 aromatic rings. The Morgan fingerprint density at radius 2 is 1.59 bits per heavy atom. The predicted octanol–water partition coefficient (Wildman–Crippen LogP) is 8.77. The van der Waals surface area contributed by atoms with Crippen molar-refractivity contribution >= 4 is 44.0 Å². The molecule has 0 N–H and O–H groups in total. The summed E-state index contributed by atoms with van der Waals surface area (Å²) in [4.78, 5) is 0.253. The van der Waals surface area contributed by atoms with Crippen molar-refractivity contribution in [3.8, 4) is 0 Å². The maximum absolute atomic E-state index is 3.99. The van der Waals surface area contributed by atoms with Gasteiger partial charge in [-0.15, -0.1) is 0 Å². The van der Waals surface area contributed by atoms with Crippen molar-refractivity contribution < 1.29 is 0 Å². The second-order valence-electron chi connectivity index (χ2n) is 8.99. The zero-order valence-corrected chi connectivity index (χ0v) is 20.4. The fourth-order valence-corrected chi connectivity index (χ4v) is 7.06. The van der Waals surface area contributed by atoms with Crippen molar-refractivity contribution in [3.05, 3.63) is 103 Å². The third kappa shape index (κ3) is 2.75. The van der Waals surface area contributed by atoms with E-state index in [9.17, 15) is 0 Å². The van der Waals surface area contributed by atoms with Gasteiger partial charge in [-0.25, -0.2) is 0 Å². The molecule has 2 heteroatoms. The van der Waals surface area contributed by atoms with Gasteiger partial charge >= 0.3 is 0 Å². The van der Waals surface area contributed by atoms with Crippen LogP contribution in [0, 0.1) is 5.41 Å². The summed E-state index contributed by atoms with van der Waals surface area (Å²) < 4.78 is 1.19. The van der Waals surface area contributed by atoms with E-state index in [1.807, 2.05) is 0 Å². The largest absolute Gasteiger partial charge is 0.0786 e. The Bertz CT molecular complexity index is 1170. The molecule has 0 aliphatic heterocycles. The first-order valence-corrected chi connectivity index (χ1v) is 11.9. The number of fused-ring (bicyclic) bond motifs is 3. The Morgan fingerprint density at radius 3 is 2.38 bits per heavy atom. The van der Waals surface area contributed by atoms with Crippen molar-refractivity contribution in [1.82, 2.24) is 0 Å². The molecule has 0 saturated heterocycles. The number of allylic oxidation sites excluding steroid dienone is 6. The minimum atomic E-state index is -0.0141. The third-order valence-corrected chi connectivity index (χ3v) is 8.46. The molecule has 0 nitrogen and oxygen atoms in total. The van der Waals surface area contributed by atoms with Gasteiger partial charge in [0.2, 0.25) is 0 Å². The Balaban J connectivity index is 1.66. The highest BCUT2D eigenvalue weighted by Gasteiger charge is 2.44. The number of hydrogen-bond acceptors (Lipinski definition) is 0. The first-order valence-electron chi connectivity index (χ1n) is 10.2. The minimum absolute atomic E-state index is 0.0141. The van der Waals surface area contributed by atoms with Crippen molar-refractivity contribution in [3.63, 3.8) is 0 Å². The molecule has 2 atom stereocenters. The number of alkyl halides is 1. The maximum atomic E-state index is 3.99. The van der Waals surface area contributed by atoms with E-state index in [2.05, 4.69) is 120 Å². The first-order chi connectivity index (χ1) is 13.8. The molecule has 0 bridgehead atoms. The lowest BCUT2D eigenvalue weighted by Gasteiger charge is -2.38. The summed E-state index contributed by atoms with van der Waals surface area (Å²) in [7, 11) is 0.